The van der Waals surface area contributed by atoms with Gasteiger partial charge >= 0.3 is 11.4 Å². The van der Waals surface area contributed by atoms with Gasteiger partial charge in [0.25, 0.3) is 23.6 Å². The standard InChI is InChI=1S/C28H36N4O5.C24H18ClF5N2O4.C20H23Cl2NO3.C20H35ClN4O2S.C14H13N3O/c1-7-9-17-30-26(35)31(27(36)32(30)20-13-11-10-12-14-20)23(24(33)28(3,4)5)25(34)29-21-18-19(8-2)15-16-22(21)37-6;1-9-4-5-16(10(2)6-9)36-11(3)23(34)31-13-8-15(33)14(7-12(13)25)32-24(35)17-18(26)20(28)22(30)21(29)19(17)27;1-5-13-14(21)10-15(19(24)18(13)22)23-20(25)16(6-2)26-17-8-7-11(3)9-12(17)4;1-3-4-5-6-7-8-9-10-11-12-15-28(26,27)16-13-14-18-22-23-20-19(21)17(2)24-25(18)20;1-9-7-10(2)14(18)13(8-9)17-15-11-5-3-4-6-12(11)16(15)17/h10-16,18,23H,7-9,17H2,1-6H3,(H,29,34);4-8,11,33H,1-3H3,(H,31,34)(H,32,35);7-10,16,24H,5-6H2,1-4H3,(H,23,25);24H,3-16H2,1-2H3;3-8,18H,1-2H3. The number of para-hydroxylation sites is 3. The molecule has 0 fully saturated rings. The summed E-state index contributed by atoms with van der Waals surface area (Å²) in [5, 5.41) is 52.5. The van der Waals surface area contributed by atoms with Crippen molar-refractivity contribution in [1.82, 2.24) is 47.8 Å². The van der Waals surface area contributed by atoms with E-state index in [1.807, 2.05) is 143 Å². The summed E-state index contributed by atoms with van der Waals surface area (Å²) in [6, 6.07) is 39.1. The highest BCUT2D eigenvalue weighted by molar-refractivity contribution is 7.91. The van der Waals surface area contributed by atoms with Crippen LogP contribution < -0.4 is 46.9 Å². The number of phenols is 3. The number of Topliss-reactive ketones (excluding diaryl/α,β-unsaturated/α-hetero) is 1. The van der Waals surface area contributed by atoms with E-state index in [1.54, 1.807) is 86.8 Å². The van der Waals surface area contributed by atoms with Crippen molar-refractivity contribution in [2.45, 2.75) is 245 Å². The van der Waals surface area contributed by atoms with E-state index < -0.39 is 114 Å². The first-order chi connectivity index (χ1) is 68.8. The van der Waals surface area contributed by atoms with E-state index in [0.717, 1.165) is 105 Å². The van der Waals surface area contributed by atoms with E-state index in [4.69, 9.17) is 60.6 Å². The summed E-state index contributed by atoms with van der Waals surface area (Å²) in [4.78, 5) is 94.2. The number of hydrogen-bond acceptors (Lipinski definition) is 17. The van der Waals surface area contributed by atoms with Crippen LogP contribution in [-0.4, -0.2) is 132 Å². The molecular weight excluding hydrogens is 1980 g/mol. The summed E-state index contributed by atoms with van der Waals surface area (Å²) < 4.78 is 118. The maximum atomic E-state index is 13.9. The lowest BCUT2D eigenvalue weighted by molar-refractivity contribution is -0.135. The molecule has 0 aliphatic rings. The molecule has 29 nitrogen and oxygen atoms in total. The molecule has 0 bridgehead atoms. The number of H-pyrrole nitrogens is 1. The van der Waals surface area contributed by atoms with Crippen LogP contribution in [-0.2, 0) is 54.8 Å². The third kappa shape index (κ3) is 28.2. The first-order valence-corrected chi connectivity index (χ1v) is 51.3. The van der Waals surface area contributed by atoms with Gasteiger partial charge in [0.2, 0.25) is 5.82 Å². The number of aromatic nitrogens is 10. The van der Waals surface area contributed by atoms with Gasteiger partial charge in [-0.25, -0.2) is 53.7 Å². The molecule has 9 aromatic carbocycles. The van der Waals surface area contributed by atoms with Gasteiger partial charge in [-0.3, -0.25) is 29.1 Å². The quantitative estimate of drug-likeness (QED) is 0.00445. The molecule has 778 valence electrons. The zero-order valence-corrected chi connectivity index (χ0v) is 88.1. The number of carbonyl (C=O) groups is 5. The van der Waals surface area contributed by atoms with Crippen LogP contribution in [0.3, 0.4) is 0 Å². The van der Waals surface area contributed by atoms with Crippen LogP contribution >= 0.6 is 46.4 Å². The third-order valence-electron chi connectivity index (χ3n) is 24.1. The highest BCUT2D eigenvalue weighted by Gasteiger charge is 2.41. The Morgan fingerprint density at radius 1 is 0.524 bits per heavy atom. The zero-order valence-electron chi connectivity index (χ0n) is 84.2. The van der Waals surface area contributed by atoms with E-state index in [-0.39, 0.29) is 45.4 Å². The number of phenolic OH excluding ortho intramolecular Hbond substituents is 3. The molecule has 0 radical (unpaired) electrons. The van der Waals surface area contributed by atoms with Crippen molar-refractivity contribution in [3.63, 3.8) is 0 Å². The predicted molar refractivity (Wildman–Crippen MR) is 558 cm³/mol. The van der Waals surface area contributed by atoms with Crippen LogP contribution in [0.2, 0.25) is 20.1 Å². The number of fused-ring (bicyclic) bond motifs is 5. The first-order valence-electron chi connectivity index (χ1n) is 48.0. The van der Waals surface area contributed by atoms with Gasteiger partial charge in [-0.15, -0.1) is 24.3 Å². The van der Waals surface area contributed by atoms with E-state index >= 15 is 0 Å². The van der Waals surface area contributed by atoms with Crippen LogP contribution in [0.4, 0.5) is 44.7 Å². The normalized spacial score (nSPS) is 12.0. The number of ketones is 1. The topological polar surface area (TPSA) is 365 Å². The Labute approximate surface area is 858 Å². The van der Waals surface area contributed by atoms with Crippen LogP contribution in [0.15, 0.2) is 149 Å². The fraction of sp³-hybridized carbons (Fsp3) is 0.387. The van der Waals surface area contributed by atoms with E-state index in [9.17, 15) is 79.3 Å². The van der Waals surface area contributed by atoms with Crippen molar-refractivity contribution >= 4 is 125 Å². The molecule has 5 heterocycles. The number of nitrogens with one attached hydrogen (secondary N) is 5. The van der Waals surface area contributed by atoms with Gasteiger partial charge in [-0.1, -0.05) is 244 Å². The summed E-state index contributed by atoms with van der Waals surface area (Å²) in [6.07, 6.45) is 14.7. The van der Waals surface area contributed by atoms with Crippen LogP contribution in [0.1, 0.15) is 225 Å². The summed E-state index contributed by atoms with van der Waals surface area (Å²) in [6.45, 7) is 30.1. The molecule has 0 aliphatic heterocycles. The van der Waals surface area contributed by atoms with Gasteiger partial charge in [0, 0.05) is 29.5 Å². The molecule has 0 saturated carbocycles. The second-order valence-corrected chi connectivity index (χ2v) is 40.3. The Morgan fingerprint density at radius 2 is 1.06 bits per heavy atom. The minimum Gasteiger partial charge on any atom is -0.506 e. The second kappa shape index (κ2) is 51.1. The van der Waals surface area contributed by atoms with Crippen molar-refractivity contribution < 1.29 is 83.9 Å². The Bertz CT molecular complexity index is 7130. The van der Waals surface area contributed by atoms with Crippen molar-refractivity contribution in [2.75, 3.05) is 39.9 Å². The summed E-state index contributed by atoms with van der Waals surface area (Å²) in [7, 11) is -1.51. The van der Waals surface area contributed by atoms with Gasteiger partial charge in [0.1, 0.15) is 65.9 Å². The molecule has 145 heavy (non-hydrogen) atoms. The number of anilines is 4. The monoisotopic (exact) mass is 2100 g/mol. The Morgan fingerprint density at radius 3 is 1.63 bits per heavy atom. The zero-order chi connectivity index (χ0) is 106. The van der Waals surface area contributed by atoms with Gasteiger partial charge in [0.15, 0.2) is 64.5 Å². The largest absolute Gasteiger partial charge is 0.506 e. The number of carbonyl (C=O) groups excluding carboxylic acids is 5. The van der Waals surface area contributed by atoms with Gasteiger partial charge in [-0.05, 0) is 194 Å². The molecule has 14 aromatic rings. The average Bonchev–Trinajstić information content (AvgIpc) is 1.51. The van der Waals surface area contributed by atoms with Crippen LogP contribution in [0, 0.1) is 83.0 Å². The second-order valence-electron chi connectivity index (χ2n) is 36.5. The van der Waals surface area contributed by atoms with E-state index in [1.165, 1.54) is 85.4 Å². The van der Waals surface area contributed by atoms with E-state index in [0.29, 0.717) is 93.5 Å². The number of aryl methyl sites for hydroxylation is 9. The Kier molecular flexibility index (Phi) is 40.1. The molecule has 3 unspecified atom stereocenters. The number of unbranched alkanes of at least 4 members (excludes halogenated alkanes) is 10. The number of nitrogens with zero attached hydrogens (tertiary/aromatic N) is 9. The summed E-state index contributed by atoms with van der Waals surface area (Å²) >= 11 is 24.6. The van der Waals surface area contributed by atoms with Gasteiger partial charge in [0.05, 0.1) is 62.8 Å². The van der Waals surface area contributed by atoms with Crippen molar-refractivity contribution in [1.29, 1.82) is 0 Å². The first kappa shape index (κ1) is 114. The number of sulfone groups is 1. The third-order valence-corrected chi connectivity index (χ3v) is 27.4. The smallest absolute Gasteiger partial charge is 0.353 e. The number of benzene rings is 9. The molecule has 0 aliphatic carbocycles. The Hall–Kier alpha value is -13.1. The summed E-state index contributed by atoms with van der Waals surface area (Å²) in [5.41, 5.74) is 8.31. The lowest BCUT2D eigenvalue weighted by atomic mass is 9.86. The van der Waals surface area contributed by atoms with Crippen LogP contribution in [0.5, 0.6) is 34.5 Å². The number of hydrogen-bond donors (Lipinski definition) is 8. The van der Waals surface area contributed by atoms with Gasteiger partial charge in [-0.2, -0.15) is 4.68 Å². The number of rotatable bonds is 38. The number of aromatic amines is 1. The molecule has 14 rings (SSSR count). The van der Waals surface area contributed by atoms with Crippen LogP contribution in [0.25, 0.3) is 28.1 Å². The number of amides is 4. The molecule has 4 amide bonds. The molecule has 39 heteroatoms. The van der Waals surface area contributed by atoms with Crippen molar-refractivity contribution in [3.05, 3.63) is 271 Å². The summed E-state index contributed by atoms with van der Waals surface area (Å²) in [5.74, 6) is -13.7. The minimum absolute atomic E-state index is 0.107. The minimum atomic E-state index is -2.99. The maximum absolute atomic E-state index is 13.9. The lowest BCUT2D eigenvalue weighted by Crippen LogP contribution is -2.46. The molecule has 8 N–H and O–H groups in total. The molecule has 5 aromatic heterocycles. The SMILES string of the molecule is CCCCCCCCCCCCS(=O)(=O)CCCc1nnc2c(Cl)c(C)[nH]n12.CCCCn1c(=O)n(C(C(=O)Nc2cc(CC)ccc2OC)C(=O)C(C)(C)C)c(=O)n1-c1ccccc1.CCc1c(Cl)cc(NC(=O)C(CC)Oc2ccc(C)cc2C)c(O)c1Cl.Cc1cc(C)c(O)c(-n2n3c4ccccc4n23)c1.Cc1ccc(OC(C)C(=O)Nc2cc(O)c(NC(=O)c3c(F)c(F)c(F)c(F)c3F)cc2Cl)c(C)c1. The number of halogens is 9. The average molecular weight is 2100 g/mol. The number of methoxy groups -OCH3 is 1. The fourth-order valence-electron chi connectivity index (χ4n) is 16.0. The van der Waals surface area contributed by atoms with Crippen molar-refractivity contribution in [2.24, 2.45) is 5.41 Å². The Balaban J connectivity index is 0.000000189. The highest BCUT2D eigenvalue weighted by atomic mass is 35.5. The molecule has 0 spiro atoms. The van der Waals surface area contributed by atoms with Gasteiger partial charge < -0.3 is 50.8 Å². The highest BCUT2D eigenvalue weighted by Crippen LogP contribution is 2.42. The number of aromatic hydroxyl groups is 3. The predicted octanol–water partition coefficient (Wildman–Crippen LogP) is 23.7. The molecule has 3 atom stereocenters. The number of ether oxygens (including phenoxy) is 3. The van der Waals surface area contributed by atoms with E-state index in [2.05, 4.69) is 50.3 Å². The van der Waals surface area contributed by atoms with Crippen molar-refractivity contribution in [3.8, 4) is 45.9 Å². The molecular formula is C106H125Cl4F5N14O15S. The fourth-order valence-corrected chi connectivity index (χ4v) is 18.5. The maximum Gasteiger partial charge on any atom is 0.353 e. The molecule has 0 saturated heterocycles. The lowest BCUT2D eigenvalue weighted by Gasteiger charge is -2.24.